The normalized spacial score (nSPS) is 39.9. The minimum absolute atomic E-state index is 0.0702. The van der Waals surface area contributed by atoms with Gasteiger partial charge in [-0.05, 0) is 97.7 Å². The van der Waals surface area contributed by atoms with E-state index in [1.165, 1.54) is 44.3 Å². The minimum Gasteiger partial charge on any atom is -0.443 e. The van der Waals surface area contributed by atoms with Gasteiger partial charge in [0.2, 0.25) is 0 Å². The molecule has 1 amide bonds. The van der Waals surface area contributed by atoms with Crippen LogP contribution in [-0.2, 0) is 18.9 Å². The zero-order chi connectivity index (χ0) is 24.8. The van der Waals surface area contributed by atoms with Gasteiger partial charge in [-0.15, -0.1) is 0 Å². The molecule has 0 aromatic heterocycles. The molecular formula is C28H46N2O5. The van der Waals surface area contributed by atoms with E-state index in [0.717, 1.165) is 44.9 Å². The number of carbonyl (C=O) groups is 1. The summed E-state index contributed by atoms with van der Waals surface area (Å²) in [4.78, 5) is 17.3. The average molecular weight is 491 g/mol. The van der Waals surface area contributed by atoms with Crippen LogP contribution < -0.4 is 0 Å². The number of amides is 1. The van der Waals surface area contributed by atoms with Gasteiger partial charge in [-0.25, -0.2) is 4.79 Å². The third-order valence-electron chi connectivity index (χ3n) is 9.53. The second-order valence-electron chi connectivity index (χ2n) is 12.4. The second-order valence-corrected chi connectivity index (χ2v) is 12.4. The van der Waals surface area contributed by atoms with Gasteiger partial charge in [0.25, 0.3) is 0 Å². The Labute approximate surface area is 211 Å². The van der Waals surface area contributed by atoms with Crippen molar-refractivity contribution < 1.29 is 23.7 Å². The smallest absolute Gasteiger partial charge is 0.410 e. The lowest BCUT2D eigenvalue weighted by atomic mass is 9.68. The lowest BCUT2D eigenvalue weighted by Gasteiger charge is -2.44. The van der Waals surface area contributed by atoms with Crippen molar-refractivity contribution in [3.8, 4) is 0 Å². The molecule has 0 N–H and O–H groups in total. The molecule has 7 heteroatoms. The van der Waals surface area contributed by atoms with E-state index in [-0.39, 0.29) is 41.5 Å². The van der Waals surface area contributed by atoms with Crippen LogP contribution in [0.1, 0.15) is 65.7 Å². The minimum atomic E-state index is -0.302. The molecule has 5 fully saturated rings. The molecule has 1 spiro atoms. The number of carbonyl (C=O) groups excluding carboxylic acids is 1. The highest BCUT2D eigenvalue weighted by molar-refractivity contribution is 5.69. The van der Waals surface area contributed by atoms with Gasteiger partial charge in [-0.2, -0.15) is 0 Å². The highest BCUT2D eigenvalue weighted by Gasteiger charge is 2.72. The Kier molecular flexibility index (Phi) is 7.25. The largest absolute Gasteiger partial charge is 0.443 e. The van der Waals surface area contributed by atoms with Crippen LogP contribution in [0.2, 0.25) is 0 Å². The Morgan fingerprint density at radius 1 is 1.11 bits per heavy atom. The Morgan fingerprint density at radius 3 is 2.43 bits per heavy atom. The van der Waals surface area contributed by atoms with Crippen LogP contribution in [0.3, 0.4) is 0 Å². The topological polar surface area (TPSA) is 67.1 Å². The summed E-state index contributed by atoms with van der Waals surface area (Å²) in [5.74, 6) is 1.55. The standard InChI is InChI=1S/C28H46N2O5/c1-19(2)6-9-23-27(3,35-23)25-24(32-5)22(10-13-28(25)18-33-28)34-26(31)30-16-21(17-30)8-7-20-11-14-29(4)15-12-20/h6,20-25H,7-18H2,1-5H3/t22-,23-,24-,25?,27+,28+/m1/s1. The Bertz CT molecular complexity index is 795. The zero-order valence-electron chi connectivity index (χ0n) is 22.5. The summed E-state index contributed by atoms with van der Waals surface area (Å²) in [7, 11) is 3.95. The highest BCUT2D eigenvalue weighted by Crippen LogP contribution is 2.59. The molecular weight excluding hydrogens is 444 g/mol. The molecule has 198 valence electrons. The van der Waals surface area contributed by atoms with E-state index >= 15 is 0 Å². The number of likely N-dealkylation sites (tertiary alicyclic amines) is 2. The van der Waals surface area contributed by atoms with E-state index in [4.69, 9.17) is 18.9 Å². The quantitative estimate of drug-likeness (QED) is 0.374. The third-order valence-corrected chi connectivity index (χ3v) is 9.53. The first-order valence-electron chi connectivity index (χ1n) is 13.9. The van der Waals surface area contributed by atoms with Crippen LogP contribution in [-0.4, -0.2) is 92.4 Å². The third kappa shape index (κ3) is 5.29. The molecule has 1 unspecified atom stereocenters. The number of epoxide rings is 2. The van der Waals surface area contributed by atoms with E-state index in [1.807, 2.05) is 4.90 Å². The average Bonchev–Trinajstić information content (AvgIpc) is 3.71. The number of piperidine rings is 1. The monoisotopic (exact) mass is 490 g/mol. The van der Waals surface area contributed by atoms with Crippen LogP contribution in [0.5, 0.6) is 0 Å². The van der Waals surface area contributed by atoms with Crippen LogP contribution in [0.4, 0.5) is 4.79 Å². The molecule has 4 saturated heterocycles. The van der Waals surface area contributed by atoms with E-state index in [1.54, 1.807) is 7.11 Å². The molecule has 0 aromatic carbocycles. The molecule has 4 heterocycles. The summed E-state index contributed by atoms with van der Waals surface area (Å²) in [5.41, 5.74) is 0.816. The number of ether oxygens (including phenoxy) is 4. The molecule has 5 rings (SSSR count). The molecule has 35 heavy (non-hydrogen) atoms. The zero-order valence-corrected chi connectivity index (χ0v) is 22.5. The molecule has 6 atom stereocenters. The Morgan fingerprint density at radius 2 is 1.80 bits per heavy atom. The summed E-state index contributed by atoms with van der Waals surface area (Å²) >= 11 is 0. The van der Waals surface area contributed by atoms with E-state index in [2.05, 4.69) is 38.8 Å². The van der Waals surface area contributed by atoms with Gasteiger partial charge in [0.1, 0.15) is 23.4 Å². The predicted molar refractivity (Wildman–Crippen MR) is 134 cm³/mol. The fraction of sp³-hybridized carbons (Fsp3) is 0.893. The van der Waals surface area contributed by atoms with E-state index < -0.39 is 0 Å². The number of hydrogen-bond donors (Lipinski definition) is 0. The fourth-order valence-electron chi connectivity index (χ4n) is 7.00. The molecule has 5 aliphatic rings. The van der Waals surface area contributed by atoms with Crippen molar-refractivity contribution in [1.29, 1.82) is 0 Å². The first kappa shape index (κ1) is 25.5. The predicted octanol–water partition coefficient (Wildman–Crippen LogP) is 4.25. The number of allylic oxidation sites excluding steroid dienone is 1. The first-order chi connectivity index (χ1) is 16.7. The molecule has 1 aliphatic carbocycles. The van der Waals surface area contributed by atoms with Gasteiger partial charge >= 0.3 is 6.09 Å². The van der Waals surface area contributed by atoms with Crippen LogP contribution in [0, 0.1) is 17.8 Å². The summed E-state index contributed by atoms with van der Waals surface area (Å²) in [6.45, 7) is 11.3. The lowest BCUT2D eigenvalue weighted by molar-refractivity contribution is -0.124. The van der Waals surface area contributed by atoms with Crippen molar-refractivity contribution >= 4 is 6.09 Å². The van der Waals surface area contributed by atoms with Gasteiger partial charge in [0.15, 0.2) is 0 Å². The van der Waals surface area contributed by atoms with Crippen molar-refractivity contribution in [1.82, 2.24) is 9.80 Å². The van der Waals surface area contributed by atoms with E-state index in [0.29, 0.717) is 5.92 Å². The van der Waals surface area contributed by atoms with Gasteiger partial charge in [0, 0.05) is 20.2 Å². The van der Waals surface area contributed by atoms with Gasteiger partial charge in [0.05, 0.1) is 18.6 Å². The number of methoxy groups -OCH3 is 1. The van der Waals surface area contributed by atoms with Crippen molar-refractivity contribution in [2.75, 3.05) is 46.9 Å². The van der Waals surface area contributed by atoms with Gasteiger partial charge < -0.3 is 28.7 Å². The SMILES string of the molecule is CO[C@H]1C([C@@]2(C)O[C@@H]2CC=C(C)C)[C@]2(CC[C@H]1OC(=O)N1CC(CCC3CCN(C)CC3)C1)CO2. The summed E-state index contributed by atoms with van der Waals surface area (Å²) in [6.07, 6.45) is 9.50. The lowest BCUT2D eigenvalue weighted by Crippen LogP contribution is -2.57. The molecule has 0 radical (unpaired) electrons. The maximum Gasteiger partial charge on any atom is 0.410 e. The van der Waals surface area contributed by atoms with Crippen molar-refractivity contribution in [2.24, 2.45) is 17.8 Å². The summed E-state index contributed by atoms with van der Waals surface area (Å²) in [5, 5.41) is 0. The number of hydrogen-bond acceptors (Lipinski definition) is 6. The second kappa shape index (κ2) is 9.96. The molecule has 4 aliphatic heterocycles. The maximum absolute atomic E-state index is 13.0. The first-order valence-corrected chi connectivity index (χ1v) is 13.9. The Balaban J connectivity index is 1.12. The number of rotatable bonds is 8. The van der Waals surface area contributed by atoms with Crippen LogP contribution in [0.25, 0.3) is 0 Å². The van der Waals surface area contributed by atoms with Crippen molar-refractivity contribution in [3.63, 3.8) is 0 Å². The fourth-order valence-corrected chi connectivity index (χ4v) is 7.00. The van der Waals surface area contributed by atoms with Crippen molar-refractivity contribution in [2.45, 2.75) is 95.2 Å². The van der Waals surface area contributed by atoms with E-state index in [9.17, 15) is 4.79 Å². The molecule has 7 nitrogen and oxygen atoms in total. The van der Waals surface area contributed by atoms with Crippen molar-refractivity contribution in [3.05, 3.63) is 11.6 Å². The maximum atomic E-state index is 13.0. The Hall–Kier alpha value is -1.15. The molecule has 0 bridgehead atoms. The van der Waals surface area contributed by atoms with Gasteiger partial charge in [-0.1, -0.05) is 11.6 Å². The van der Waals surface area contributed by atoms with Crippen LogP contribution >= 0.6 is 0 Å². The molecule has 0 aromatic rings. The number of nitrogens with zero attached hydrogens (tertiary/aromatic N) is 2. The molecule has 1 saturated carbocycles. The summed E-state index contributed by atoms with van der Waals surface area (Å²) in [6, 6.07) is 0. The summed E-state index contributed by atoms with van der Waals surface area (Å²) < 4.78 is 24.4. The highest BCUT2D eigenvalue weighted by atomic mass is 16.6. The van der Waals surface area contributed by atoms with Gasteiger partial charge in [-0.3, -0.25) is 0 Å². The van der Waals surface area contributed by atoms with Crippen LogP contribution in [0.15, 0.2) is 11.6 Å².